The van der Waals surface area contributed by atoms with E-state index in [0.717, 1.165) is 10.0 Å². The zero-order valence-electron chi connectivity index (χ0n) is 10.00. The van der Waals surface area contributed by atoms with Gasteiger partial charge in [-0.15, -0.1) is 0 Å². The van der Waals surface area contributed by atoms with E-state index in [4.69, 9.17) is 11.6 Å². The Bertz CT molecular complexity index is 465. The minimum Gasteiger partial charge on any atom is -0.467 e. The Morgan fingerprint density at radius 2 is 2.17 bits per heavy atom. The van der Waals surface area contributed by atoms with Crippen LogP contribution in [0.15, 0.2) is 22.7 Å². The lowest BCUT2D eigenvalue weighted by Gasteiger charge is -2.16. The Balaban J connectivity index is 2.91. The molecule has 1 N–H and O–H groups in total. The van der Waals surface area contributed by atoms with Crippen molar-refractivity contribution in [3.8, 4) is 0 Å². The van der Waals surface area contributed by atoms with E-state index in [-0.39, 0.29) is 12.3 Å². The molecule has 1 unspecified atom stereocenters. The van der Waals surface area contributed by atoms with Gasteiger partial charge in [0.25, 0.3) is 0 Å². The Labute approximate surface area is 119 Å². The summed E-state index contributed by atoms with van der Waals surface area (Å²) in [5.41, 5.74) is 0.759. The molecule has 0 radical (unpaired) electrons. The molecule has 0 aliphatic rings. The molecule has 0 spiro atoms. The summed E-state index contributed by atoms with van der Waals surface area (Å²) in [6.45, 7) is 1.35. The van der Waals surface area contributed by atoms with Crippen molar-refractivity contribution in [2.24, 2.45) is 0 Å². The van der Waals surface area contributed by atoms with E-state index < -0.39 is 12.0 Å². The van der Waals surface area contributed by atoms with Gasteiger partial charge in [-0.2, -0.15) is 0 Å². The van der Waals surface area contributed by atoms with Crippen LogP contribution in [0.4, 0.5) is 0 Å². The average molecular weight is 335 g/mol. The molecule has 98 valence electrons. The quantitative estimate of drug-likeness (QED) is 0.860. The van der Waals surface area contributed by atoms with Gasteiger partial charge >= 0.3 is 5.97 Å². The summed E-state index contributed by atoms with van der Waals surface area (Å²) in [6, 6.07) is 4.60. The fraction of sp³-hybridized carbons (Fsp3) is 0.333. The van der Waals surface area contributed by atoms with Gasteiger partial charge in [0.05, 0.1) is 7.11 Å². The van der Waals surface area contributed by atoms with Crippen molar-refractivity contribution in [1.82, 2.24) is 5.32 Å². The Morgan fingerprint density at radius 3 is 2.72 bits per heavy atom. The van der Waals surface area contributed by atoms with Crippen LogP contribution in [0.3, 0.4) is 0 Å². The summed E-state index contributed by atoms with van der Waals surface area (Å²) < 4.78 is 5.50. The number of esters is 1. The first kappa shape index (κ1) is 15.0. The maximum atomic E-state index is 11.6. The van der Waals surface area contributed by atoms with Crippen molar-refractivity contribution in [2.45, 2.75) is 19.4 Å². The molecule has 1 aromatic carbocycles. The van der Waals surface area contributed by atoms with E-state index in [2.05, 4.69) is 26.0 Å². The minimum absolute atomic E-state index is 0.282. The maximum Gasteiger partial charge on any atom is 0.328 e. The molecule has 0 heterocycles. The number of nitrogens with one attached hydrogen (secondary N) is 1. The van der Waals surface area contributed by atoms with Gasteiger partial charge in [0.15, 0.2) is 0 Å². The highest BCUT2D eigenvalue weighted by Crippen LogP contribution is 2.22. The van der Waals surface area contributed by atoms with Gasteiger partial charge in [0.1, 0.15) is 6.04 Å². The van der Waals surface area contributed by atoms with Crippen LogP contribution in [0.25, 0.3) is 0 Å². The number of carbonyl (C=O) groups excluding carboxylic acids is 2. The van der Waals surface area contributed by atoms with Gasteiger partial charge in [0.2, 0.25) is 5.91 Å². The highest BCUT2D eigenvalue weighted by atomic mass is 79.9. The van der Waals surface area contributed by atoms with Gasteiger partial charge in [-0.3, -0.25) is 4.79 Å². The first-order chi connectivity index (χ1) is 8.43. The molecular weight excluding hydrogens is 321 g/mol. The predicted molar refractivity (Wildman–Crippen MR) is 72.5 cm³/mol. The third-order valence-electron chi connectivity index (χ3n) is 2.29. The van der Waals surface area contributed by atoms with Crippen molar-refractivity contribution >= 4 is 39.4 Å². The topological polar surface area (TPSA) is 55.4 Å². The second-order valence-electron chi connectivity index (χ2n) is 3.72. The average Bonchev–Trinajstić information content (AvgIpc) is 2.31. The van der Waals surface area contributed by atoms with Crippen LogP contribution in [0.5, 0.6) is 0 Å². The second kappa shape index (κ2) is 6.75. The van der Waals surface area contributed by atoms with Crippen LogP contribution < -0.4 is 5.32 Å². The Kier molecular flexibility index (Phi) is 5.62. The number of rotatable bonds is 4. The highest BCUT2D eigenvalue weighted by Gasteiger charge is 2.21. The zero-order valence-corrected chi connectivity index (χ0v) is 12.3. The first-order valence-electron chi connectivity index (χ1n) is 5.23. The van der Waals surface area contributed by atoms with Crippen molar-refractivity contribution in [1.29, 1.82) is 0 Å². The molecule has 0 bridgehead atoms. The summed E-state index contributed by atoms with van der Waals surface area (Å²) in [5.74, 6) is -0.794. The van der Waals surface area contributed by atoms with Crippen LogP contribution in [0.1, 0.15) is 12.5 Å². The number of hydrogen-bond donors (Lipinski definition) is 1. The third-order valence-corrected chi connectivity index (χ3v) is 3.16. The fourth-order valence-electron chi connectivity index (χ4n) is 1.50. The molecule has 0 saturated heterocycles. The summed E-state index contributed by atoms with van der Waals surface area (Å²) in [4.78, 5) is 22.6. The molecule has 1 rings (SSSR count). The molecule has 18 heavy (non-hydrogen) atoms. The van der Waals surface area contributed by atoms with Gasteiger partial charge in [-0.25, -0.2) is 4.79 Å². The van der Waals surface area contributed by atoms with Crippen molar-refractivity contribution in [2.75, 3.05) is 7.11 Å². The number of methoxy groups -OCH3 is 1. The van der Waals surface area contributed by atoms with Crippen molar-refractivity contribution < 1.29 is 14.3 Å². The first-order valence-corrected chi connectivity index (χ1v) is 6.40. The molecule has 1 amide bonds. The summed E-state index contributed by atoms with van der Waals surface area (Å²) in [5, 5.41) is 3.08. The number of hydrogen-bond acceptors (Lipinski definition) is 3. The molecule has 0 aliphatic carbocycles. The summed E-state index contributed by atoms with van der Waals surface area (Å²) in [7, 11) is 1.28. The fourth-order valence-corrected chi connectivity index (χ4v) is 2.10. The van der Waals surface area contributed by atoms with Crippen LogP contribution in [0.2, 0.25) is 5.02 Å². The van der Waals surface area contributed by atoms with Crippen LogP contribution in [0, 0.1) is 0 Å². The van der Waals surface area contributed by atoms with E-state index in [9.17, 15) is 9.59 Å². The predicted octanol–water partition coefficient (Wildman–Crippen LogP) is 2.32. The smallest absolute Gasteiger partial charge is 0.328 e. The van der Waals surface area contributed by atoms with Gasteiger partial charge < -0.3 is 10.1 Å². The minimum atomic E-state index is -0.737. The Hall–Kier alpha value is -1.07. The molecule has 0 fully saturated rings. The number of benzene rings is 1. The Morgan fingerprint density at radius 1 is 1.50 bits per heavy atom. The molecule has 6 heteroatoms. The molecule has 1 aromatic rings. The molecule has 1 atom stereocenters. The highest BCUT2D eigenvalue weighted by molar-refractivity contribution is 9.10. The molecular formula is C12H13BrClNO3. The lowest BCUT2D eigenvalue weighted by molar-refractivity contribution is -0.144. The van der Waals surface area contributed by atoms with E-state index in [0.29, 0.717) is 5.02 Å². The van der Waals surface area contributed by atoms with E-state index in [1.165, 1.54) is 14.0 Å². The maximum absolute atomic E-state index is 11.6. The van der Waals surface area contributed by atoms with Gasteiger partial charge in [0, 0.05) is 22.8 Å². The monoisotopic (exact) mass is 333 g/mol. The number of ether oxygens (including phenoxy) is 1. The lowest BCUT2D eigenvalue weighted by Crippen LogP contribution is -2.42. The van der Waals surface area contributed by atoms with Crippen molar-refractivity contribution in [3.63, 3.8) is 0 Å². The van der Waals surface area contributed by atoms with Gasteiger partial charge in [-0.1, -0.05) is 27.5 Å². The SMILES string of the molecule is COC(=O)C(Cc1cc(Br)ccc1Cl)NC(C)=O. The van der Waals surface area contributed by atoms with Gasteiger partial charge in [-0.05, 0) is 23.8 Å². The van der Waals surface area contributed by atoms with E-state index in [1.54, 1.807) is 18.2 Å². The lowest BCUT2D eigenvalue weighted by atomic mass is 10.1. The summed E-state index contributed by atoms with van der Waals surface area (Å²) >= 11 is 9.37. The molecule has 0 saturated carbocycles. The second-order valence-corrected chi connectivity index (χ2v) is 5.04. The van der Waals surface area contributed by atoms with Crippen LogP contribution in [-0.2, 0) is 20.7 Å². The zero-order chi connectivity index (χ0) is 13.7. The number of carbonyl (C=O) groups is 2. The van der Waals surface area contributed by atoms with Crippen molar-refractivity contribution in [3.05, 3.63) is 33.3 Å². The normalized spacial score (nSPS) is 11.8. The summed E-state index contributed by atoms with van der Waals surface area (Å²) in [6.07, 6.45) is 0.282. The molecule has 4 nitrogen and oxygen atoms in total. The standard InChI is InChI=1S/C12H13BrClNO3/c1-7(16)15-11(12(17)18-2)6-8-5-9(13)3-4-10(8)14/h3-5,11H,6H2,1-2H3,(H,15,16). The number of halogens is 2. The van der Waals surface area contributed by atoms with E-state index >= 15 is 0 Å². The van der Waals surface area contributed by atoms with Crippen LogP contribution >= 0.6 is 27.5 Å². The molecule has 0 aromatic heterocycles. The molecule has 0 aliphatic heterocycles. The largest absolute Gasteiger partial charge is 0.467 e. The third kappa shape index (κ3) is 4.31. The van der Waals surface area contributed by atoms with E-state index in [1.807, 2.05) is 0 Å². The van der Waals surface area contributed by atoms with Crippen LogP contribution in [-0.4, -0.2) is 25.0 Å². The number of amides is 1.